The lowest BCUT2D eigenvalue weighted by molar-refractivity contribution is -0.00300. The topological polar surface area (TPSA) is 81.0 Å². The maximum atomic E-state index is 11.9. The average molecular weight is 275 g/mol. The molecule has 0 atom stereocenters. The first-order valence-electron chi connectivity index (χ1n) is 7.59. The third-order valence-electron chi connectivity index (χ3n) is 5.78. The van der Waals surface area contributed by atoms with E-state index in [0.717, 1.165) is 17.4 Å². The van der Waals surface area contributed by atoms with E-state index in [2.05, 4.69) is 10.2 Å². The second kappa shape index (κ2) is 4.24. The number of nitrogen functional groups attached to an aromatic ring is 1. The van der Waals surface area contributed by atoms with Crippen LogP contribution in [0.15, 0.2) is 0 Å². The van der Waals surface area contributed by atoms with Gasteiger partial charge in [-0.2, -0.15) is 5.10 Å². The Morgan fingerprint density at radius 3 is 2.35 bits per heavy atom. The first-order chi connectivity index (χ1) is 9.67. The SMILES string of the molecule is COC(=O)c1[nH]nc(N)c1C1C2CC3CC(C2)CC1C3. The van der Waals surface area contributed by atoms with Gasteiger partial charge in [0.05, 0.1) is 7.11 Å². The van der Waals surface area contributed by atoms with Crippen molar-refractivity contribution in [2.45, 2.75) is 38.0 Å². The smallest absolute Gasteiger partial charge is 0.356 e. The largest absolute Gasteiger partial charge is 0.464 e. The van der Waals surface area contributed by atoms with Crippen LogP contribution >= 0.6 is 0 Å². The quantitative estimate of drug-likeness (QED) is 0.812. The van der Waals surface area contributed by atoms with E-state index in [0.29, 0.717) is 29.3 Å². The highest BCUT2D eigenvalue weighted by atomic mass is 16.5. The van der Waals surface area contributed by atoms with Gasteiger partial charge >= 0.3 is 5.97 Å². The molecule has 0 aromatic carbocycles. The molecule has 0 spiro atoms. The maximum absolute atomic E-state index is 11.9. The molecular weight excluding hydrogens is 254 g/mol. The number of carbonyl (C=O) groups excluding carboxylic acids is 1. The first kappa shape index (κ1) is 12.2. The molecule has 0 aliphatic heterocycles. The normalized spacial score (nSPS) is 38.1. The minimum Gasteiger partial charge on any atom is -0.464 e. The van der Waals surface area contributed by atoms with E-state index in [-0.39, 0.29) is 5.97 Å². The lowest BCUT2D eigenvalue weighted by Crippen LogP contribution is -2.44. The summed E-state index contributed by atoms with van der Waals surface area (Å²) in [6.07, 6.45) is 6.60. The standard InChI is InChI=1S/C15H21N3O2/c1-20-15(19)13-12(14(16)18-17-13)11-9-3-7-2-8(5-9)6-10(11)4-7/h7-11H,2-6H2,1H3,(H3,16,17,18). The number of aromatic nitrogens is 2. The molecule has 4 fully saturated rings. The van der Waals surface area contributed by atoms with Crippen LogP contribution in [-0.2, 0) is 4.74 Å². The maximum Gasteiger partial charge on any atom is 0.356 e. The molecule has 20 heavy (non-hydrogen) atoms. The Morgan fingerprint density at radius 1 is 1.20 bits per heavy atom. The summed E-state index contributed by atoms with van der Waals surface area (Å²) in [5, 5.41) is 6.85. The highest BCUT2D eigenvalue weighted by Gasteiger charge is 2.50. The third kappa shape index (κ3) is 1.61. The summed E-state index contributed by atoms with van der Waals surface area (Å²) in [6, 6.07) is 0. The molecule has 1 aromatic rings. The van der Waals surface area contributed by atoms with Crippen molar-refractivity contribution in [2.24, 2.45) is 23.7 Å². The molecule has 4 aliphatic rings. The predicted molar refractivity (Wildman–Crippen MR) is 74.1 cm³/mol. The summed E-state index contributed by atoms with van der Waals surface area (Å²) in [4.78, 5) is 11.9. The Labute approximate surface area is 118 Å². The van der Waals surface area contributed by atoms with Gasteiger partial charge in [0.1, 0.15) is 11.5 Å². The van der Waals surface area contributed by atoms with E-state index in [1.165, 1.54) is 39.2 Å². The van der Waals surface area contributed by atoms with Gasteiger partial charge in [0.2, 0.25) is 0 Å². The van der Waals surface area contributed by atoms with Crippen LogP contribution < -0.4 is 5.73 Å². The van der Waals surface area contributed by atoms with Crippen molar-refractivity contribution < 1.29 is 9.53 Å². The van der Waals surface area contributed by atoms with Crippen LogP contribution in [0.1, 0.15) is 54.1 Å². The fraction of sp³-hybridized carbons (Fsp3) is 0.733. The van der Waals surface area contributed by atoms with Gasteiger partial charge in [0, 0.05) is 5.56 Å². The Hall–Kier alpha value is -1.52. The molecule has 5 rings (SSSR count). The highest BCUT2D eigenvalue weighted by molar-refractivity contribution is 5.90. The molecule has 4 saturated carbocycles. The number of hydrogen-bond acceptors (Lipinski definition) is 4. The zero-order valence-corrected chi connectivity index (χ0v) is 11.8. The van der Waals surface area contributed by atoms with Gasteiger partial charge < -0.3 is 10.5 Å². The predicted octanol–water partition coefficient (Wildman–Crippen LogP) is 2.32. The number of anilines is 1. The number of ether oxygens (including phenoxy) is 1. The molecule has 108 valence electrons. The number of aromatic amines is 1. The van der Waals surface area contributed by atoms with Gasteiger partial charge in [0.25, 0.3) is 0 Å². The minimum atomic E-state index is -0.349. The fourth-order valence-corrected chi connectivity index (χ4v) is 5.36. The highest BCUT2D eigenvalue weighted by Crippen LogP contribution is 2.60. The fourth-order valence-electron chi connectivity index (χ4n) is 5.36. The molecule has 0 unspecified atom stereocenters. The number of rotatable bonds is 2. The van der Waals surface area contributed by atoms with Gasteiger partial charge in [-0.3, -0.25) is 5.10 Å². The van der Waals surface area contributed by atoms with E-state index in [4.69, 9.17) is 10.5 Å². The molecular formula is C15H21N3O2. The van der Waals surface area contributed by atoms with Crippen molar-refractivity contribution in [3.05, 3.63) is 11.3 Å². The number of H-pyrrole nitrogens is 1. The number of hydrogen-bond donors (Lipinski definition) is 2. The van der Waals surface area contributed by atoms with Crippen LogP contribution in [0.4, 0.5) is 5.82 Å². The van der Waals surface area contributed by atoms with Gasteiger partial charge in [-0.15, -0.1) is 0 Å². The van der Waals surface area contributed by atoms with Crippen LogP contribution in [0, 0.1) is 23.7 Å². The Kier molecular flexibility index (Phi) is 2.59. The average Bonchev–Trinajstić information content (AvgIpc) is 2.79. The summed E-state index contributed by atoms with van der Waals surface area (Å²) in [5.74, 6) is 3.70. The van der Waals surface area contributed by atoms with E-state index in [1.54, 1.807) is 0 Å². The molecule has 5 nitrogen and oxygen atoms in total. The van der Waals surface area contributed by atoms with Crippen LogP contribution in [0.5, 0.6) is 0 Å². The van der Waals surface area contributed by atoms with E-state index >= 15 is 0 Å². The van der Waals surface area contributed by atoms with E-state index in [1.807, 2.05) is 0 Å². The molecule has 3 N–H and O–H groups in total. The first-order valence-corrected chi connectivity index (χ1v) is 7.59. The number of nitrogens with two attached hydrogens (primary N) is 1. The summed E-state index contributed by atoms with van der Waals surface area (Å²) in [7, 11) is 1.40. The van der Waals surface area contributed by atoms with Crippen molar-refractivity contribution >= 4 is 11.8 Å². The van der Waals surface area contributed by atoms with Gasteiger partial charge in [-0.1, -0.05) is 0 Å². The summed E-state index contributed by atoms with van der Waals surface area (Å²) < 4.78 is 4.87. The lowest BCUT2D eigenvalue weighted by atomic mass is 9.50. The Morgan fingerprint density at radius 2 is 1.80 bits per heavy atom. The van der Waals surface area contributed by atoms with Gasteiger partial charge in [-0.05, 0) is 61.7 Å². The van der Waals surface area contributed by atoms with Crippen molar-refractivity contribution in [3.63, 3.8) is 0 Å². The zero-order valence-electron chi connectivity index (χ0n) is 11.8. The second-order valence-corrected chi connectivity index (χ2v) is 6.85. The van der Waals surface area contributed by atoms with Crippen molar-refractivity contribution in [1.29, 1.82) is 0 Å². The van der Waals surface area contributed by atoms with Crippen molar-refractivity contribution in [2.75, 3.05) is 12.8 Å². The third-order valence-corrected chi connectivity index (χ3v) is 5.78. The number of nitrogens with one attached hydrogen (secondary N) is 1. The molecule has 0 saturated heterocycles. The molecule has 5 heteroatoms. The van der Waals surface area contributed by atoms with Crippen LogP contribution in [-0.4, -0.2) is 23.3 Å². The summed E-state index contributed by atoms with van der Waals surface area (Å²) in [6.45, 7) is 0. The molecule has 0 radical (unpaired) electrons. The van der Waals surface area contributed by atoms with E-state index in [9.17, 15) is 4.79 Å². The van der Waals surface area contributed by atoms with Crippen LogP contribution in [0.25, 0.3) is 0 Å². The number of esters is 1. The number of methoxy groups -OCH3 is 1. The number of carbonyl (C=O) groups is 1. The van der Waals surface area contributed by atoms with Crippen LogP contribution in [0.3, 0.4) is 0 Å². The monoisotopic (exact) mass is 275 g/mol. The van der Waals surface area contributed by atoms with Crippen molar-refractivity contribution in [1.82, 2.24) is 10.2 Å². The van der Waals surface area contributed by atoms with E-state index < -0.39 is 0 Å². The Balaban J connectivity index is 1.74. The van der Waals surface area contributed by atoms with Crippen molar-refractivity contribution in [3.8, 4) is 0 Å². The summed E-state index contributed by atoms with van der Waals surface area (Å²) in [5.41, 5.74) is 7.47. The molecule has 1 aromatic heterocycles. The molecule has 4 bridgehead atoms. The lowest BCUT2D eigenvalue weighted by Gasteiger charge is -2.54. The summed E-state index contributed by atoms with van der Waals surface area (Å²) >= 11 is 0. The Bertz CT molecular complexity index is 523. The van der Waals surface area contributed by atoms with Gasteiger partial charge in [-0.25, -0.2) is 4.79 Å². The number of nitrogens with zero attached hydrogens (tertiary/aromatic N) is 1. The zero-order chi connectivity index (χ0) is 13.9. The van der Waals surface area contributed by atoms with Crippen LogP contribution in [0.2, 0.25) is 0 Å². The molecule has 4 aliphatic carbocycles. The molecule has 0 amide bonds. The minimum absolute atomic E-state index is 0.349. The van der Waals surface area contributed by atoms with Gasteiger partial charge in [0.15, 0.2) is 0 Å². The molecule has 1 heterocycles. The second-order valence-electron chi connectivity index (χ2n) is 6.85.